The average molecular weight is 383 g/mol. The van der Waals surface area contributed by atoms with Gasteiger partial charge in [0.15, 0.2) is 10.4 Å². The summed E-state index contributed by atoms with van der Waals surface area (Å²) in [5, 5.41) is 10.7. The maximum atomic E-state index is 11.9. The SMILES string of the molecule is O=C(Cc1ccc(Cl)cc1)Nc1nnc(-c2ccc(Br)o2)o1. The smallest absolute Gasteiger partial charge is 0.322 e. The van der Waals surface area contributed by atoms with E-state index < -0.39 is 0 Å². The molecule has 1 aromatic carbocycles. The number of hydrogen-bond acceptors (Lipinski definition) is 5. The van der Waals surface area contributed by atoms with Gasteiger partial charge in [0.05, 0.1) is 6.42 Å². The summed E-state index contributed by atoms with van der Waals surface area (Å²) in [7, 11) is 0. The Hall–Kier alpha value is -2.12. The zero-order valence-electron chi connectivity index (χ0n) is 11.0. The van der Waals surface area contributed by atoms with Crippen molar-refractivity contribution in [3.8, 4) is 11.7 Å². The maximum absolute atomic E-state index is 11.9. The molecule has 6 nitrogen and oxygen atoms in total. The molecule has 0 atom stereocenters. The van der Waals surface area contributed by atoms with Crippen molar-refractivity contribution in [1.29, 1.82) is 0 Å². The summed E-state index contributed by atoms with van der Waals surface area (Å²) in [4.78, 5) is 11.9. The molecule has 0 aliphatic carbocycles. The molecule has 3 rings (SSSR count). The molecular formula is C14H9BrClN3O3. The summed E-state index contributed by atoms with van der Waals surface area (Å²) in [5.41, 5.74) is 0.830. The van der Waals surface area contributed by atoms with Crippen molar-refractivity contribution in [2.24, 2.45) is 0 Å². The number of rotatable bonds is 4. The van der Waals surface area contributed by atoms with E-state index in [1.807, 2.05) is 0 Å². The Bertz CT molecular complexity index is 798. The molecule has 22 heavy (non-hydrogen) atoms. The second kappa shape index (κ2) is 6.33. The second-order valence-electron chi connectivity index (χ2n) is 4.37. The number of nitrogens with one attached hydrogen (secondary N) is 1. The molecule has 0 saturated carbocycles. The molecule has 0 spiro atoms. The highest BCUT2D eigenvalue weighted by Gasteiger charge is 2.14. The minimum atomic E-state index is -0.266. The zero-order chi connectivity index (χ0) is 15.5. The van der Waals surface area contributed by atoms with Crippen LogP contribution in [0.4, 0.5) is 6.01 Å². The van der Waals surface area contributed by atoms with Crippen molar-refractivity contribution in [2.45, 2.75) is 6.42 Å². The molecule has 112 valence electrons. The third-order valence-corrected chi connectivity index (χ3v) is 3.41. The van der Waals surface area contributed by atoms with E-state index in [-0.39, 0.29) is 24.2 Å². The van der Waals surface area contributed by atoms with Crippen molar-refractivity contribution in [2.75, 3.05) is 5.32 Å². The molecule has 2 aromatic heterocycles. The lowest BCUT2D eigenvalue weighted by atomic mass is 10.1. The van der Waals surface area contributed by atoms with Crippen molar-refractivity contribution in [3.05, 3.63) is 51.7 Å². The lowest BCUT2D eigenvalue weighted by molar-refractivity contribution is -0.115. The second-order valence-corrected chi connectivity index (χ2v) is 5.59. The Morgan fingerprint density at radius 2 is 1.91 bits per heavy atom. The van der Waals surface area contributed by atoms with Crippen LogP contribution < -0.4 is 5.32 Å². The highest BCUT2D eigenvalue weighted by molar-refractivity contribution is 9.10. The standard InChI is InChI=1S/C14H9BrClN3O3/c15-11-6-5-10(21-11)13-18-19-14(22-13)17-12(20)7-8-1-3-9(16)4-2-8/h1-6H,7H2,(H,17,19,20). The number of nitrogens with zero attached hydrogens (tertiary/aromatic N) is 2. The van der Waals surface area contributed by atoms with Gasteiger partial charge in [0.1, 0.15) is 0 Å². The molecule has 1 amide bonds. The fourth-order valence-electron chi connectivity index (χ4n) is 1.75. The fraction of sp³-hybridized carbons (Fsp3) is 0.0714. The Labute approximate surface area is 138 Å². The first-order chi connectivity index (χ1) is 10.6. The van der Waals surface area contributed by atoms with Gasteiger partial charge >= 0.3 is 6.01 Å². The number of halogens is 2. The highest BCUT2D eigenvalue weighted by Crippen LogP contribution is 2.24. The van der Waals surface area contributed by atoms with Crippen LogP contribution in [-0.4, -0.2) is 16.1 Å². The highest BCUT2D eigenvalue weighted by atomic mass is 79.9. The van der Waals surface area contributed by atoms with E-state index in [9.17, 15) is 4.79 Å². The molecule has 0 fully saturated rings. The van der Waals surface area contributed by atoms with Gasteiger partial charge < -0.3 is 8.83 Å². The van der Waals surface area contributed by atoms with Crippen LogP contribution in [0.15, 0.2) is 49.9 Å². The number of benzene rings is 1. The summed E-state index contributed by atoms with van der Waals surface area (Å²) in [6.45, 7) is 0. The number of furan rings is 1. The number of carbonyl (C=O) groups excluding carboxylic acids is 1. The summed E-state index contributed by atoms with van der Waals surface area (Å²) in [6.07, 6.45) is 0.182. The minimum absolute atomic E-state index is 0.0153. The first-order valence-corrected chi connectivity index (χ1v) is 7.41. The maximum Gasteiger partial charge on any atom is 0.322 e. The summed E-state index contributed by atoms with van der Waals surface area (Å²) in [6, 6.07) is 10.4. The first kappa shape index (κ1) is 14.8. The van der Waals surface area contributed by atoms with Crippen LogP contribution in [0.25, 0.3) is 11.7 Å². The molecule has 3 aromatic rings. The van der Waals surface area contributed by atoms with Crippen molar-refractivity contribution in [1.82, 2.24) is 10.2 Å². The van der Waals surface area contributed by atoms with Gasteiger partial charge in [-0.1, -0.05) is 28.8 Å². The molecule has 2 heterocycles. The van der Waals surface area contributed by atoms with Gasteiger partial charge in [-0.2, -0.15) is 0 Å². The topological polar surface area (TPSA) is 81.2 Å². The van der Waals surface area contributed by atoms with E-state index in [4.69, 9.17) is 20.4 Å². The largest absolute Gasteiger partial charge is 0.444 e. The van der Waals surface area contributed by atoms with Crippen molar-refractivity contribution >= 4 is 39.5 Å². The molecule has 1 N–H and O–H groups in total. The van der Waals surface area contributed by atoms with Crippen LogP contribution >= 0.6 is 27.5 Å². The third-order valence-electron chi connectivity index (χ3n) is 2.73. The van der Waals surface area contributed by atoms with Crippen LogP contribution in [0.5, 0.6) is 0 Å². The summed E-state index contributed by atoms with van der Waals surface area (Å²) < 4.78 is 11.2. The van der Waals surface area contributed by atoms with Crippen LogP contribution in [0.1, 0.15) is 5.56 Å². The van der Waals surface area contributed by atoms with E-state index in [0.717, 1.165) is 5.56 Å². The minimum Gasteiger partial charge on any atom is -0.444 e. The Morgan fingerprint density at radius 3 is 2.59 bits per heavy atom. The summed E-state index contributed by atoms with van der Waals surface area (Å²) in [5.74, 6) is 0.336. The third kappa shape index (κ3) is 3.55. The zero-order valence-corrected chi connectivity index (χ0v) is 13.4. The molecule has 0 aliphatic heterocycles. The molecule has 0 saturated heterocycles. The Morgan fingerprint density at radius 1 is 1.14 bits per heavy atom. The van der Waals surface area contributed by atoms with Gasteiger partial charge in [0.25, 0.3) is 5.89 Å². The molecule has 0 bridgehead atoms. The van der Waals surface area contributed by atoms with Gasteiger partial charge in [-0.25, -0.2) is 0 Å². The Balaban J connectivity index is 1.64. The molecule has 0 radical (unpaired) electrons. The number of aromatic nitrogens is 2. The van der Waals surface area contributed by atoms with Crippen molar-refractivity contribution < 1.29 is 13.6 Å². The quantitative estimate of drug-likeness (QED) is 0.739. The van der Waals surface area contributed by atoms with Crippen molar-refractivity contribution in [3.63, 3.8) is 0 Å². The number of amides is 1. The van der Waals surface area contributed by atoms with Crippen LogP contribution in [0.3, 0.4) is 0 Å². The number of anilines is 1. The van der Waals surface area contributed by atoms with E-state index in [0.29, 0.717) is 15.5 Å². The van der Waals surface area contributed by atoms with E-state index in [2.05, 4.69) is 31.4 Å². The van der Waals surface area contributed by atoms with E-state index in [1.54, 1.807) is 36.4 Å². The normalized spacial score (nSPS) is 10.6. The number of carbonyl (C=O) groups is 1. The molecule has 0 aliphatic rings. The van der Waals surface area contributed by atoms with Gasteiger partial charge in [-0.15, -0.1) is 5.10 Å². The van der Waals surface area contributed by atoms with Crippen LogP contribution in [-0.2, 0) is 11.2 Å². The monoisotopic (exact) mass is 381 g/mol. The molecule has 8 heteroatoms. The molecular weight excluding hydrogens is 374 g/mol. The lowest BCUT2D eigenvalue weighted by Crippen LogP contribution is -2.14. The van der Waals surface area contributed by atoms with Gasteiger partial charge in [-0.05, 0) is 45.8 Å². The summed E-state index contributed by atoms with van der Waals surface area (Å²) >= 11 is 8.98. The predicted molar refractivity (Wildman–Crippen MR) is 83.5 cm³/mol. The van der Waals surface area contributed by atoms with Gasteiger partial charge in [0, 0.05) is 5.02 Å². The van der Waals surface area contributed by atoms with Crippen LogP contribution in [0, 0.1) is 0 Å². The number of hydrogen-bond donors (Lipinski definition) is 1. The van der Waals surface area contributed by atoms with E-state index >= 15 is 0 Å². The predicted octanol–water partition coefficient (Wildman–Crippen LogP) is 3.93. The lowest BCUT2D eigenvalue weighted by Gasteiger charge is -2.01. The van der Waals surface area contributed by atoms with Gasteiger partial charge in [0.2, 0.25) is 5.91 Å². The van der Waals surface area contributed by atoms with Crippen LogP contribution in [0.2, 0.25) is 5.02 Å². The fourth-order valence-corrected chi connectivity index (χ4v) is 2.19. The average Bonchev–Trinajstić information content (AvgIpc) is 3.10. The Kier molecular flexibility index (Phi) is 4.26. The molecule has 0 unspecified atom stereocenters. The van der Waals surface area contributed by atoms with Gasteiger partial charge in [-0.3, -0.25) is 10.1 Å². The van der Waals surface area contributed by atoms with E-state index in [1.165, 1.54) is 0 Å². The first-order valence-electron chi connectivity index (χ1n) is 6.23.